The minimum atomic E-state index is -1.05. The summed E-state index contributed by atoms with van der Waals surface area (Å²) in [7, 11) is 0. The number of aryl methyl sites for hydroxylation is 1. The molecule has 2 unspecified atom stereocenters. The first-order valence-corrected chi connectivity index (χ1v) is 21.2. The zero-order chi connectivity index (χ0) is 41.8. The van der Waals surface area contributed by atoms with Crippen LogP contribution in [0.4, 0.5) is 14.6 Å². The number of rotatable bonds is 13. The molecule has 5 aromatic rings. The number of nitrogens with one attached hydrogen (secondary N) is 2. The van der Waals surface area contributed by atoms with Crippen LogP contribution < -0.4 is 15.4 Å². The van der Waals surface area contributed by atoms with E-state index in [1.54, 1.807) is 23.5 Å². The third-order valence-electron chi connectivity index (χ3n) is 12.4. The van der Waals surface area contributed by atoms with Crippen molar-refractivity contribution in [2.45, 2.75) is 64.3 Å². The smallest absolute Gasteiger partial charge is 0.254 e. The van der Waals surface area contributed by atoms with E-state index in [1.165, 1.54) is 4.90 Å². The third kappa shape index (κ3) is 7.81. The van der Waals surface area contributed by atoms with Crippen molar-refractivity contribution in [2.24, 2.45) is 23.7 Å². The number of phenols is 1. The van der Waals surface area contributed by atoms with Crippen LogP contribution in [0.5, 0.6) is 11.6 Å². The molecule has 0 bridgehead atoms. The fourth-order valence-electron chi connectivity index (χ4n) is 9.38. The molecule has 9 rings (SSSR count). The Morgan fingerprint density at radius 1 is 1.08 bits per heavy atom. The first-order valence-electron chi connectivity index (χ1n) is 20.3. The number of carbonyl (C=O) groups is 2. The molecule has 3 aromatic heterocycles. The molecule has 314 valence electrons. The summed E-state index contributed by atoms with van der Waals surface area (Å²) in [4.78, 5) is 36.8. The lowest BCUT2D eigenvalue weighted by Gasteiger charge is -2.28. The molecule has 7 atom stereocenters. The summed E-state index contributed by atoms with van der Waals surface area (Å²) in [6.07, 6.45) is 0.0244. The van der Waals surface area contributed by atoms with E-state index in [0.29, 0.717) is 55.0 Å². The van der Waals surface area contributed by atoms with Crippen LogP contribution in [0.25, 0.3) is 21.7 Å². The predicted molar refractivity (Wildman–Crippen MR) is 217 cm³/mol. The molecule has 1 aliphatic carbocycles. The number of ether oxygens (including phenoxy) is 1. The molecule has 1 saturated carbocycles. The standard InChI is InChI=1S/C43H46F2N8O6S/c1-21(2)37(43(57)53-17-27(54)14-34(53)42(56)46-16-23-4-6-24(7-5-23)40-22(3)47-20-60-40)35-15-36(51-59-35)58-9-8-52-18-29-30(19-52)38(29)33-11-25-10-32(49-50-41(25)48-33)28-12-26(44)13-31(45)39(28)55/h4-7,10,12-13,15,20-21,27,29-30,33-34,37-38,54-55H,8-9,11,14,16-19H2,1-3H3,(H,46,56)(H,48,50)/t27-,29-,30+,33?,34+,37-,38?/m1/s1. The lowest BCUT2D eigenvalue weighted by Crippen LogP contribution is -2.48. The number of aliphatic hydroxyl groups is 1. The number of β-amino-alcohol motifs (C(OH)–C–C–N with tert-alkyl or cyclic N) is 1. The van der Waals surface area contributed by atoms with Gasteiger partial charge >= 0.3 is 0 Å². The van der Waals surface area contributed by atoms with E-state index in [9.17, 15) is 28.6 Å². The van der Waals surface area contributed by atoms with Crippen molar-refractivity contribution in [2.75, 3.05) is 38.1 Å². The van der Waals surface area contributed by atoms with Crippen molar-refractivity contribution >= 4 is 29.0 Å². The molecule has 17 heteroatoms. The Labute approximate surface area is 349 Å². The molecule has 0 radical (unpaired) electrons. The van der Waals surface area contributed by atoms with Gasteiger partial charge in [-0.2, -0.15) is 0 Å². The van der Waals surface area contributed by atoms with Gasteiger partial charge in [-0.3, -0.25) is 14.5 Å². The van der Waals surface area contributed by atoms with Crippen molar-refractivity contribution in [3.8, 4) is 33.3 Å². The van der Waals surface area contributed by atoms with E-state index < -0.39 is 35.4 Å². The number of thiazole rings is 1. The quantitative estimate of drug-likeness (QED) is 0.123. The van der Waals surface area contributed by atoms with E-state index >= 15 is 0 Å². The number of piperidine rings is 1. The SMILES string of the molecule is Cc1ncsc1-c1ccc(CNC(=O)[C@@H]2C[C@@H](O)CN2C(=O)[C@@H](c2cc(OCCN3C[C@@H]4C(C5Cc6cc(-c7cc(F)cc(F)c7O)nnc6N5)[C@@H]4C3)no2)C(C)C)cc1. The highest BCUT2D eigenvalue weighted by molar-refractivity contribution is 7.13. The molecule has 60 heavy (non-hydrogen) atoms. The summed E-state index contributed by atoms with van der Waals surface area (Å²) in [5, 5.41) is 39.7. The lowest BCUT2D eigenvalue weighted by atomic mass is 9.91. The van der Waals surface area contributed by atoms with Gasteiger partial charge in [0.25, 0.3) is 5.88 Å². The van der Waals surface area contributed by atoms with Crippen molar-refractivity contribution in [3.63, 3.8) is 0 Å². The average Bonchev–Trinajstić information content (AvgIpc) is 3.92. The van der Waals surface area contributed by atoms with E-state index in [2.05, 4.69) is 35.9 Å². The Balaban J connectivity index is 0.747. The molecular weight excluding hydrogens is 795 g/mol. The van der Waals surface area contributed by atoms with Gasteiger partial charge in [0.2, 0.25) is 11.8 Å². The summed E-state index contributed by atoms with van der Waals surface area (Å²) in [6, 6.07) is 12.3. The van der Waals surface area contributed by atoms with Crippen LogP contribution in [0.15, 0.2) is 58.6 Å². The fraction of sp³-hybridized carbons (Fsp3) is 0.442. The number of aromatic nitrogens is 4. The second kappa shape index (κ2) is 16.2. The van der Waals surface area contributed by atoms with Crippen LogP contribution in [0.1, 0.15) is 48.8 Å². The number of benzene rings is 2. The molecule has 6 heterocycles. The molecule has 2 amide bonds. The van der Waals surface area contributed by atoms with Crippen LogP contribution in [-0.2, 0) is 22.6 Å². The molecule has 4 aliphatic rings. The number of fused-ring (bicyclic) bond motifs is 2. The fourth-order valence-corrected chi connectivity index (χ4v) is 10.2. The molecule has 2 aromatic carbocycles. The molecule has 0 spiro atoms. The number of likely N-dealkylation sites (tertiary alicyclic amines) is 2. The Morgan fingerprint density at radius 2 is 1.87 bits per heavy atom. The lowest BCUT2D eigenvalue weighted by molar-refractivity contribution is -0.141. The highest BCUT2D eigenvalue weighted by atomic mass is 32.1. The number of hydrogen-bond donors (Lipinski definition) is 4. The Morgan fingerprint density at radius 3 is 2.60 bits per heavy atom. The van der Waals surface area contributed by atoms with E-state index in [0.717, 1.165) is 46.4 Å². The van der Waals surface area contributed by atoms with Crippen molar-refractivity contribution in [1.82, 2.24) is 35.5 Å². The maximum atomic E-state index is 14.1. The van der Waals surface area contributed by atoms with Crippen LogP contribution >= 0.6 is 11.3 Å². The summed E-state index contributed by atoms with van der Waals surface area (Å²) in [5.74, 6) is -1.29. The number of carbonyl (C=O) groups excluding carboxylic acids is 2. The maximum Gasteiger partial charge on any atom is 0.254 e. The van der Waals surface area contributed by atoms with E-state index in [-0.39, 0.29) is 60.4 Å². The van der Waals surface area contributed by atoms with Gasteiger partial charge in [-0.1, -0.05) is 38.1 Å². The monoisotopic (exact) mass is 840 g/mol. The first kappa shape index (κ1) is 39.9. The van der Waals surface area contributed by atoms with Crippen molar-refractivity contribution in [1.29, 1.82) is 0 Å². The molecule has 4 N–H and O–H groups in total. The average molecular weight is 841 g/mol. The number of aromatic hydroxyl groups is 1. The minimum absolute atomic E-state index is 0.0301. The molecule has 3 fully saturated rings. The third-order valence-corrected chi connectivity index (χ3v) is 13.4. The molecule has 3 aliphatic heterocycles. The summed E-state index contributed by atoms with van der Waals surface area (Å²) in [6.45, 7) is 9.02. The Bertz CT molecular complexity index is 2400. The Hall–Kier alpha value is -5.52. The summed E-state index contributed by atoms with van der Waals surface area (Å²) in [5.41, 5.74) is 5.86. The number of aliphatic hydroxyl groups excluding tert-OH is 1. The van der Waals surface area contributed by atoms with E-state index in [1.807, 2.05) is 50.5 Å². The van der Waals surface area contributed by atoms with E-state index in [4.69, 9.17) is 9.26 Å². The zero-order valence-corrected chi connectivity index (χ0v) is 34.2. The first-order chi connectivity index (χ1) is 28.9. The number of hydrogen-bond acceptors (Lipinski definition) is 13. The van der Waals surface area contributed by atoms with Gasteiger partial charge in [-0.15, -0.1) is 21.5 Å². The normalized spacial score (nSPS) is 23.7. The molecular formula is C43H46F2N8O6S. The number of halogens is 2. The highest BCUT2D eigenvalue weighted by Gasteiger charge is 2.59. The summed E-state index contributed by atoms with van der Waals surface area (Å²) < 4.78 is 39.5. The van der Waals surface area contributed by atoms with Gasteiger partial charge in [0.15, 0.2) is 23.1 Å². The van der Waals surface area contributed by atoms with Crippen molar-refractivity contribution in [3.05, 3.63) is 88.3 Å². The predicted octanol–water partition coefficient (Wildman–Crippen LogP) is 5.16. The Kier molecular flexibility index (Phi) is 10.7. The van der Waals surface area contributed by atoms with Gasteiger partial charge < -0.3 is 35.0 Å². The highest BCUT2D eigenvalue weighted by Crippen LogP contribution is 2.55. The summed E-state index contributed by atoms with van der Waals surface area (Å²) >= 11 is 1.58. The van der Waals surface area contributed by atoms with Crippen LogP contribution in [0.2, 0.25) is 0 Å². The topological polar surface area (TPSA) is 179 Å². The molecule has 14 nitrogen and oxygen atoms in total. The maximum absolute atomic E-state index is 14.1. The zero-order valence-electron chi connectivity index (χ0n) is 33.3. The number of anilines is 1. The van der Waals surface area contributed by atoms with Gasteiger partial charge in [0, 0.05) is 68.4 Å². The van der Waals surface area contributed by atoms with Gasteiger partial charge in [-0.05, 0) is 65.4 Å². The van der Waals surface area contributed by atoms with Crippen molar-refractivity contribution < 1.29 is 37.8 Å². The van der Waals surface area contributed by atoms with Gasteiger partial charge in [0.05, 0.1) is 27.9 Å². The van der Waals surface area contributed by atoms with Crippen LogP contribution in [-0.4, -0.2) is 103 Å². The largest absolute Gasteiger partial charge is 0.504 e. The number of amides is 2. The van der Waals surface area contributed by atoms with Crippen LogP contribution in [0.3, 0.4) is 0 Å². The second-order valence-electron chi connectivity index (χ2n) is 16.7. The number of phenolic OH excluding ortho intramolecular Hbond substituents is 1. The molecule has 2 saturated heterocycles. The van der Waals surface area contributed by atoms with Crippen LogP contribution in [0, 0.1) is 42.2 Å². The number of nitrogens with zero attached hydrogens (tertiary/aromatic N) is 6. The van der Waals surface area contributed by atoms with Gasteiger partial charge in [0.1, 0.15) is 24.4 Å². The van der Waals surface area contributed by atoms with Gasteiger partial charge in [-0.25, -0.2) is 13.8 Å². The minimum Gasteiger partial charge on any atom is -0.504 e. The second-order valence-corrected chi connectivity index (χ2v) is 17.6.